The Kier molecular flexibility index (Phi) is 3.25. The first-order valence-corrected chi connectivity index (χ1v) is 6.90. The van der Waals surface area contributed by atoms with Gasteiger partial charge in [-0.25, -0.2) is 9.78 Å². The van der Waals surface area contributed by atoms with Crippen LogP contribution >= 0.6 is 0 Å². The van der Waals surface area contributed by atoms with Crippen LogP contribution in [0, 0.1) is 0 Å². The van der Waals surface area contributed by atoms with Gasteiger partial charge in [0.25, 0.3) is 0 Å². The van der Waals surface area contributed by atoms with Gasteiger partial charge >= 0.3 is 5.97 Å². The van der Waals surface area contributed by atoms with E-state index in [1.54, 1.807) is 18.4 Å². The Morgan fingerprint density at radius 2 is 2.19 bits per heavy atom. The molecule has 2 heterocycles. The molecule has 1 atom stereocenters. The number of hydrogen-bond acceptors (Lipinski definition) is 3. The summed E-state index contributed by atoms with van der Waals surface area (Å²) in [5, 5.41) is 9.31. The molecule has 1 aromatic carbocycles. The number of benzene rings is 1. The minimum absolute atomic E-state index is 0.0380. The van der Waals surface area contributed by atoms with Crippen LogP contribution in [0.2, 0.25) is 0 Å². The zero-order valence-electron chi connectivity index (χ0n) is 11.9. The van der Waals surface area contributed by atoms with Gasteiger partial charge in [-0.05, 0) is 31.2 Å². The molecule has 0 spiro atoms. The number of nitrogens with zero attached hydrogens (tertiary/aromatic N) is 2. The molecule has 108 valence electrons. The van der Waals surface area contributed by atoms with Crippen LogP contribution in [0.1, 0.15) is 41.8 Å². The largest absolute Gasteiger partial charge is 0.478 e. The molecule has 0 radical (unpaired) electrons. The molecule has 3 rings (SSSR count). The Hall–Kier alpha value is -2.56. The Labute approximate surface area is 121 Å². The van der Waals surface area contributed by atoms with Crippen LogP contribution in [-0.4, -0.2) is 20.6 Å². The molecule has 0 fully saturated rings. The Morgan fingerprint density at radius 1 is 1.38 bits per heavy atom. The summed E-state index contributed by atoms with van der Waals surface area (Å²) in [4.78, 5) is 15.9. The molecular weight excluding hydrogens is 268 g/mol. The van der Waals surface area contributed by atoms with Gasteiger partial charge in [0.2, 0.25) is 0 Å². The topological polar surface area (TPSA) is 68.3 Å². The van der Waals surface area contributed by atoms with Crippen molar-refractivity contribution in [1.82, 2.24) is 9.55 Å². The lowest BCUT2D eigenvalue weighted by Gasteiger charge is -2.15. The first-order valence-electron chi connectivity index (χ1n) is 6.90. The number of aromatic carboxylic acids is 1. The fraction of sp³-hybridized carbons (Fsp3) is 0.250. The van der Waals surface area contributed by atoms with Crippen molar-refractivity contribution in [3.05, 3.63) is 53.7 Å². The maximum Gasteiger partial charge on any atom is 0.337 e. The quantitative estimate of drug-likeness (QED) is 0.796. The molecule has 0 bridgehead atoms. The monoisotopic (exact) mass is 284 g/mol. The summed E-state index contributed by atoms with van der Waals surface area (Å²) in [5.74, 6) is 0.714. The van der Waals surface area contributed by atoms with Crippen LogP contribution < -0.4 is 0 Å². The van der Waals surface area contributed by atoms with Crippen molar-refractivity contribution in [2.24, 2.45) is 0 Å². The lowest BCUT2D eigenvalue weighted by Crippen LogP contribution is -2.09. The fourth-order valence-corrected chi connectivity index (χ4v) is 2.68. The Balaban J connectivity index is 2.26. The lowest BCUT2D eigenvalue weighted by atomic mass is 10.1. The van der Waals surface area contributed by atoms with Gasteiger partial charge in [0, 0.05) is 6.42 Å². The molecule has 0 aliphatic heterocycles. The van der Waals surface area contributed by atoms with Crippen molar-refractivity contribution in [1.29, 1.82) is 0 Å². The minimum Gasteiger partial charge on any atom is -0.478 e. The van der Waals surface area contributed by atoms with Crippen molar-refractivity contribution in [2.75, 3.05) is 0 Å². The number of furan rings is 1. The summed E-state index contributed by atoms with van der Waals surface area (Å²) in [6.45, 7) is 4.03. The smallest absolute Gasteiger partial charge is 0.337 e. The summed E-state index contributed by atoms with van der Waals surface area (Å²) in [7, 11) is 0. The Morgan fingerprint density at radius 3 is 2.81 bits per heavy atom. The molecule has 0 saturated heterocycles. The average Bonchev–Trinajstić information content (AvgIpc) is 3.12. The van der Waals surface area contributed by atoms with Gasteiger partial charge < -0.3 is 14.1 Å². The molecule has 0 aliphatic rings. The normalized spacial score (nSPS) is 12.7. The van der Waals surface area contributed by atoms with Crippen LogP contribution in [0.3, 0.4) is 0 Å². The first kappa shape index (κ1) is 13.4. The number of para-hydroxylation sites is 1. The number of hydrogen-bond donors (Lipinski definition) is 1. The highest BCUT2D eigenvalue weighted by Gasteiger charge is 2.21. The summed E-state index contributed by atoms with van der Waals surface area (Å²) in [6.07, 6.45) is 2.36. The van der Waals surface area contributed by atoms with Crippen LogP contribution in [0.5, 0.6) is 0 Å². The summed E-state index contributed by atoms with van der Waals surface area (Å²) in [5.41, 5.74) is 1.57. The number of aromatic nitrogens is 2. The van der Waals surface area contributed by atoms with E-state index in [1.807, 2.05) is 36.6 Å². The molecule has 1 N–H and O–H groups in total. The third kappa shape index (κ3) is 2.11. The van der Waals surface area contributed by atoms with E-state index < -0.39 is 5.97 Å². The molecule has 0 amide bonds. The molecule has 5 heteroatoms. The Bertz CT molecular complexity index is 787. The third-order valence-corrected chi connectivity index (χ3v) is 3.68. The summed E-state index contributed by atoms with van der Waals surface area (Å²) < 4.78 is 7.52. The molecule has 0 aliphatic carbocycles. The minimum atomic E-state index is -0.960. The van der Waals surface area contributed by atoms with E-state index in [1.165, 1.54) is 0 Å². The van der Waals surface area contributed by atoms with Crippen molar-refractivity contribution < 1.29 is 14.3 Å². The zero-order chi connectivity index (χ0) is 15.0. The fourth-order valence-electron chi connectivity index (χ4n) is 2.68. The predicted molar refractivity (Wildman–Crippen MR) is 78.6 cm³/mol. The number of fused-ring (bicyclic) bond motifs is 1. The van der Waals surface area contributed by atoms with Crippen LogP contribution in [0.4, 0.5) is 0 Å². The van der Waals surface area contributed by atoms with E-state index in [2.05, 4.69) is 4.98 Å². The second kappa shape index (κ2) is 5.09. The molecular formula is C16H16N2O3. The van der Waals surface area contributed by atoms with E-state index in [4.69, 9.17) is 4.42 Å². The van der Waals surface area contributed by atoms with Crippen LogP contribution in [0.25, 0.3) is 11.0 Å². The standard InChI is InChI=1S/C16H16N2O3/c1-3-14-17-15-11(16(19)20)6-4-7-12(15)18(14)10(2)13-8-5-9-21-13/h4-10H,3H2,1-2H3,(H,19,20). The van der Waals surface area contributed by atoms with E-state index in [0.717, 1.165) is 23.5 Å². The predicted octanol–water partition coefficient (Wildman–Crippen LogP) is 3.50. The average molecular weight is 284 g/mol. The van der Waals surface area contributed by atoms with Crippen molar-refractivity contribution >= 4 is 17.0 Å². The maximum absolute atomic E-state index is 11.4. The number of rotatable bonds is 4. The number of aryl methyl sites for hydroxylation is 1. The number of carbonyl (C=O) groups is 1. The molecule has 5 nitrogen and oxygen atoms in total. The van der Waals surface area contributed by atoms with Gasteiger partial charge in [-0.3, -0.25) is 0 Å². The van der Waals surface area contributed by atoms with E-state index in [-0.39, 0.29) is 11.6 Å². The summed E-state index contributed by atoms with van der Waals surface area (Å²) in [6, 6.07) is 8.95. The number of imidazole rings is 1. The van der Waals surface area contributed by atoms with Gasteiger partial charge in [0.05, 0.1) is 23.4 Å². The lowest BCUT2D eigenvalue weighted by molar-refractivity contribution is 0.0699. The highest BCUT2D eigenvalue weighted by atomic mass is 16.4. The zero-order valence-corrected chi connectivity index (χ0v) is 11.9. The van der Waals surface area contributed by atoms with Crippen molar-refractivity contribution in [3.8, 4) is 0 Å². The number of carboxylic acids is 1. The van der Waals surface area contributed by atoms with E-state index >= 15 is 0 Å². The summed E-state index contributed by atoms with van der Waals surface area (Å²) >= 11 is 0. The molecule has 2 aromatic heterocycles. The van der Waals surface area contributed by atoms with Gasteiger partial charge in [-0.2, -0.15) is 0 Å². The maximum atomic E-state index is 11.4. The number of carboxylic acid groups (broad SMARTS) is 1. The molecule has 21 heavy (non-hydrogen) atoms. The SMILES string of the molecule is CCc1nc2c(C(=O)O)cccc2n1C(C)c1ccco1. The highest BCUT2D eigenvalue weighted by Crippen LogP contribution is 2.28. The highest BCUT2D eigenvalue weighted by molar-refractivity contribution is 6.01. The first-order chi connectivity index (χ1) is 10.1. The molecule has 0 saturated carbocycles. The van der Waals surface area contributed by atoms with Gasteiger partial charge in [0.1, 0.15) is 17.1 Å². The van der Waals surface area contributed by atoms with Gasteiger partial charge in [0.15, 0.2) is 0 Å². The molecule has 1 unspecified atom stereocenters. The van der Waals surface area contributed by atoms with Crippen molar-refractivity contribution in [3.63, 3.8) is 0 Å². The van der Waals surface area contributed by atoms with E-state index in [0.29, 0.717) is 5.52 Å². The van der Waals surface area contributed by atoms with Gasteiger partial charge in [-0.15, -0.1) is 0 Å². The van der Waals surface area contributed by atoms with E-state index in [9.17, 15) is 9.90 Å². The van der Waals surface area contributed by atoms with Gasteiger partial charge in [-0.1, -0.05) is 13.0 Å². The second-order valence-corrected chi connectivity index (χ2v) is 4.92. The van der Waals surface area contributed by atoms with Crippen LogP contribution in [0.15, 0.2) is 41.0 Å². The van der Waals surface area contributed by atoms with Crippen molar-refractivity contribution in [2.45, 2.75) is 26.3 Å². The van der Waals surface area contributed by atoms with Crippen LogP contribution in [-0.2, 0) is 6.42 Å². The second-order valence-electron chi connectivity index (χ2n) is 4.92. The third-order valence-electron chi connectivity index (χ3n) is 3.68. The molecule has 3 aromatic rings.